The smallest absolute Gasteiger partial charge is 0.312 e. The average Bonchev–Trinajstić information content (AvgIpc) is 2.89. The molecule has 4 nitrogen and oxygen atoms in total. The largest absolute Gasteiger partial charge is 0.460 e. The van der Waals surface area contributed by atoms with Gasteiger partial charge in [0.1, 0.15) is 12.2 Å². The van der Waals surface area contributed by atoms with Crippen molar-refractivity contribution >= 4 is 11.8 Å². The number of rotatable bonds is 3. The van der Waals surface area contributed by atoms with Gasteiger partial charge in [0.15, 0.2) is 5.78 Å². The van der Waals surface area contributed by atoms with E-state index in [1.54, 1.807) is 0 Å². The van der Waals surface area contributed by atoms with Gasteiger partial charge in [-0.25, -0.2) is 0 Å². The van der Waals surface area contributed by atoms with Crippen molar-refractivity contribution in [3.63, 3.8) is 0 Å². The lowest BCUT2D eigenvalue weighted by molar-refractivity contribution is -0.188. The van der Waals surface area contributed by atoms with Crippen LogP contribution >= 0.6 is 0 Å². The number of fused-ring (bicyclic) bond motifs is 3. The Bertz CT molecular complexity index is 938. The van der Waals surface area contributed by atoms with Crippen molar-refractivity contribution in [3.8, 4) is 0 Å². The first-order chi connectivity index (χ1) is 14.7. The van der Waals surface area contributed by atoms with Gasteiger partial charge in [0.05, 0.1) is 5.41 Å². The molecule has 1 aromatic rings. The minimum absolute atomic E-state index is 0.0497. The number of hydrogen-bond acceptors (Lipinski definition) is 4. The molecule has 4 fully saturated rings. The van der Waals surface area contributed by atoms with E-state index < -0.39 is 11.0 Å². The molecule has 31 heavy (non-hydrogen) atoms. The number of benzene rings is 1. The van der Waals surface area contributed by atoms with Gasteiger partial charge < -0.3 is 9.84 Å². The molecule has 4 saturated carbocycles. The molecule has 4 heteroatoms. The number of carbonyl (C=O) groups is 2. The standard InChI is InChI=1S/C27H34O4/c1-18-22(28)27(30)15-11-21-24(2)12-7-13-25(3,20(24)10-14-26(18,21)17-27)23(29)31-16-19-8-5-4-6-9-19/h4-6,8-9,20-21,30H,1,7,10-17H2,2-3H3/t20-,21-,24+,25+,26-,27+/m0/s1. The molecule has 0 saturated heterocycles. The minimum atomic E-state index is -1.20. The molecule has 166 valence electrons. The van der Waals surface area contributed by atoms with Crippen LogP contribution in [-0.2, 0) is 20.9 Å². The second-order valence-corrected chi connectivity index (χ2v) is 11.2. The molecule has 0 radical (unpaired) electrons. The van der Waals surface area contributed by atoms with Crippen molar-refractivity contribution in [2.75, 3.05) is 0 Å². The molecule has 0 unspecified atom stereocenters. The zero-order valence-electron chi connectivity index (χ0n) is 18.8. The Morgan fingerprint density at radius 3 is 2.55 bits per heavy atom. The Labute approximate surface area is 185 Å². The van der Waals surface area contributed by atoms with Crippen LogP contribution < -0.4 is 0 Å². The molecule has 0 aromatic heterocycles. The van der Waals surface area contributed by atoms with E-state index in [0.717, 1.165) is 44.1 Å². The molecular formula is C27H34O4. The van der Waals surface area contributed by atoms with Crippen molar-refractivity contribution in [3.05, 3.63) is 48.0 Å². The Kier molecular flexibility index (Phi) is 4.58. The van der Waals surface area contributed by atoms with Crippen LogP contribution in [0.4, 0.5) is 0 Å². The molecule has 2 bridgehead atoms. The van der Waals surface area contributed by atoms with Gasteiger partial charge in [-0.05, 0) is 80.3 Å². The number of esters is 1. The molecule has 1 spiro atoms. The van der Waals surface area contributed by atoms with Crippen molar-refractivity contribution in [2.24, 2.45) is 28.1 Å². The fourth-order valence-corrected chi connectivity index (χ4v) is 8.30. The summed E-state index contributed by atoms with van der Waals surface area (Å²) in [4.78, 5) is 26.3. The van der Waals surface area contributed by atoms with Gasteiger partial charge in [-0.2, -0.15) is 0 Å². The lowest BCUT2D eigenvalue weighted by Gasteiger charge is -2.63. The Morgan fingerprint density at radius 2 is 1.81 bits per heavy atom. The molecular weight excluding hydrogens is 388 g/mol. The highest BCUT2D eigenvalue weighted by molar-refractivity contribution is 6.05. The minimum Gasteiger partial charge on any atom is -0.460 e. The Hall–Kier alpha value is -1.94. The summed E-state index contributed by atoms with van der Waals surface area (Å²) in [5, 5.41) is 11.0. The fourth-order valence-electron chi connectivity index (χ4n) is 8.30. The summed E-state index contributed by atoms with van der Waals surface area (Å²) >= 11 is 0. The molecule has 6 atom stereocenters. The third-order valence-electron chi connectivity index (χ3n) is 9.75. The van der Waals surface area contributed by atoms with E-state index in [1.807, 2.05) is 30.3 Å². The van der Waals surface area contributed by atoms with Crippen molar-refractivity contribution in [2.45, 2.75) is 77.4 Å². The van der Waals surface area contributed by atoms with Gasteiger partial charge in [-0.3, -0.25) is 9.59 Å². The van der Waals surface area contributed by atoms with Gasteiger partial charge in [-0.15, -0.1) is 0 Å². The maximum absolute atomic E-state index is 13.4. The number of aliphatic hydroxyl groups is 1. The monoisotopic (exact) mass is 422 g/mol. The van der Waals surface area contributed by atoms with Gasteiger partial charge in [-0.1, -0.05) is 50.3 Å². The third kappa shape index (κ3) is 2.76. The highest BCUT2D eigenvalue weighted by Crippen LogP contribution is 2.72. The van der Waals surface area contributed by atoms with Crippen LogP contribution in [0, 0.1) is 28.1 Å². The maximum atomic E-state index is 13.4. The fraction of sp³-hybridized carbons (Fsp3) is 0.630. The van der Waals surface area contributed by atoms with Crippen LogP contribution in [0.25, 0.3) is 0 Å². The van der Waals surface area contributed by atoms with Crippen molar-refractivity contribution < 1.29 is 19.4 Å². The summed E-state index contributed by atoms with van der Waals surface area (Å²) < 4.78 is 5.86. The number of ether oxygens (including phenoxy) is 1. The summed E-state index contributed by atoms with van der Waals surface area (Å²) in [5.41, 5.74) is -0.401. The zero-order valence-corrected chi connectivity index (χ0v) is 18.8. The molecule has 5 rings (SSSR count). The molecule has 4 aliphatic carbocycles. The van der Waals surface area contributed by atoms with Crippen LogP contribution in [0.15, 0.2) is 42.5 Å². The maximum Gasteiger partial charge on any atom is 0.312 e. The lowest BCUT2D eigenvalue weighted by Crippen LogP contribution is -2.59. The summed E-state index contributed by atoms with van der Waals surface area (Å²) in [6.45, 7) is 8.95. The van der Waals surface area contributed by atoms with Gasteiger partial charge in [0.25, 0.3) is 0 Å². The number of ketones is 1. The molecule has 0 amide bonds. The molecule has 1 aromatic carbocycles. The third-order valence-corrected chi connectivity index (χ3v) is 9.75. The lowest BCUT2D eigenvalue weighted by atomic mass is 9.40. The summed E-state index contributed by atoms with van der Waals surface area (Å²) in [6, 6.07) is 9.85. The van der Waals surface area contributed by atoms with Crippen LogP contribution in [-0.4, -0.2) is 22.5 Å². The predicted molar refractivity (Wildman–Crippen MR) is 118 cm³/mol. The number of carbonyl (C=O) groups excluding carboxylic acids is 2. The average molecular weight is 423 g/mol. The van der Waals surface area contributed by atoms with Crippen LogP contribution in [0.5, 0.6) is 0 Å². The normalized spacial score (nSPS) is 43.8. The highest BCUT2D eigenvalue weighted by Gasteiger charge is 2.70. The van der Waals surface area contributed by atoms with E-state index in [0.29, 0.717) is 30.9 Å². The highest BCUT2D eigenvalue weighted by atomic mass is 16.5. The SMILES string of the molecule is C=C1C(=O)[C@@]2(O)CC[C@@H]3[C@@]1(CC[C@H]1[C@@]3(C)CCC[C@@]1(C)C(=O)OCc1ccccc1)C2. The first-order valence-electron chi connectivity index (χ1n) is 11.8. The molecule has 4 aliphatic rings. The molecule has 0 aliphatic heterocycles. The van der Waals surface area contributed by atoms with Gasteiger partial charge >= 0.3 is 5.97 Å². The van der Waals surface area contributed by atoms with E-state index in [-0.39, 0.29) is 28.5 Å². The van der Waals surface area contributed by atoms with Crippen molar-refractivity contribution in [1.29, 1.82) is 0 Å². The van der Waals surface area contributed by atoms with Crippen LogP contribution in [0.2, 0.25) is 0 Å². The Morgan fingerprint density at radius 1 is 1.10 bits per heavy atom. The molecule has 0 heterocycles. The zero-order chi connectivity index (χ0) is 22.1. The van der Waals surface area contributed by atoms with E-state index in [4.69, 9.17) is 4.74 Å². The summed E-state index contributed by atoms with van der Waals surface area (Å²) in [7, 11) is 0. The number of Topliss-reactive ketones (excluding diaryl/α,β-unsaturated/α-hetero) is 1. The van der Waals surface area contributed by atoms with Gasteiger partial charge in [0, 0.05) is 5.41 Å². The first kappa shape index (κ1) is 20.9. The van der Waals surface area contributed by atoms with Gasteiger partial charge in [0.2, 0.25) is 0 Å². The first-order valence-corrected chi connectivity index (χ1v) is 11.8. The van der Waals surface area contributed by atoms with Crippen LogP contribution in [0.1, 0.15) is 70.8 Å². The topological polar surface area (TPSA) is 63.6 Å². The quantitative estimate of drug-likeness (QED) is 0.550. The summed E-state index contributed by atoms with van der Waals surface area (Å²) in [5.74, 6) is 0.302. The van der Waals surface area contributed by atoms with E-state index in [1.165, 1.54) is 0 Å². The summed E-state index contributed by atoms with van der Waals surface area (Å²) in [6.07, 6.45) is 6.51. The van der Waals surface area contributed by atoms with E-state index in [2.05, 4.69) is 20.4 Å². The second-order valence-electron chi connectivity index (χ2n) is 11.2. The number of hydrogen-bond donors (Lipinski definition) is 1. The van der Waals surface area contributed by atoms with Crippen molar-refractivity contribution in [1.82, 2.24) is 0 Å². The van der Waals surface area contributed by atoms with Crippen LogP contribution in [0.3, 0.4) is 0 Å². The van der Waals surface area contributed by atoms with E-state index >= 15 is 0 Å². The second kappa shape index (κ2) is 6.78. The van der Waals surface area contributed by atoms with E-state index in [9.17, 15) is 14.7 Å². The predicted octanol–water partition coefficient (Wildman–Crippen LogP) is 4.99. The Balaban J connectivity index is 1.43. The molecule has 1 N–H and O–H groups in total.